The lowest BCUT2D eigenvalue weighted by Gasteiger charge is -2.38. The van der Waals surface area contributed by atoms with Crippen LogP contribution in [0.3, 0.4) is 0 Å². The van der Waals surface area contributed by atoms with Gasteiger partial charge in [0, 0.05) is 42.6 Å². The van der Waals surface area contributed by atoms with Crippen LogP contribution in [0.4, 0.5) is 0 Å². The molecule has 0 aliphatic carbocycles. The maximum atomic E-state index is 13.6. The van der Waals surface area contributed by atoms with Gasteiger partial charge in [0.2, 0.25) is 5.75 Å². The van der Waals surface area contributed by atoms with E-state index in [0.29, 0.717) is 35.2 Å². The highest BCUT2D eigenvalue weighted by molar-refractivity contribution is 5.86. The van der Waals surface area contributed by atoms with Gasteiger partial charge >= 0.3 is 0 Å². The van der Waals surface area contributed by atoms with E-state index >= 15 is 0 Å². The van der Waals surface area contributed by atoms with Crippen molar-refractivity contribution in [1.82, 2.24) is 9.80 Å². The van der Waals surface area contributed by atoms with Crippen LogP contribution in [0.1, 0.15) is 77.4 Å². The molecule has 0 saturated heterocycles. The zero-order chi connectivity index (χ0) is 36.9. The first-order valence-electron chi connectivity index (χ1n) is 18.4. The second-order valence-corrected chi connectivity index (χ2v) is 15.7. The molecule has 4 aromatic carbocycles. The fourth-order valence-electron chi connectivity index (χ4n) is 8.03. The minimum Gasteiger partial charge on any atom is -0.493 e. The fourth-order valence-corrected chi connectivity index (χ4v) is 8.03. The highest BCUT2D eigenvalue weighted by atomic mass is 16.5. The van der Waals surface area contributed by atoms with Crippen molar-refractivity contribution in [2.45, 2.75) is 71.9 Å². The van der Waals surface area contributed by atoms with Crippen LogP contribution in [-0.4, -0.2) is 64.1 Å². The van der Waals surface area contributed by atoms with Crippen molar-refractivity contribution in [3.05, 3.63) is 99.1 Å². The molecule has 4 aliphatic rings. The molecule has 274 valence electrons. The number of benzene rings is 4. The van der Waals surface area contributed by atoms with Crippen molar-refractivity contribution in [3.8, 4) is 40.2 Å². The first-order chi connectivity index (χ1) is 24.9. The molecule has 0 amide bonds. The monoisotopic (exact) mass is 704 g/mol. The van der Waals surface area contributed by atoms with Crippen LogP contribution in [0, 0.1) is 12.3 Å². The van der Waals surface area contributed by atoms with E-state index in [1.807, 2.05) is 39.0 Å². The smallest absolute Gasteiger partial charge is 0.204 e. The summed E-state index contributed by atoms with van der Waals surface area (Å²) in [7, 11) is 9.38. The van der Waals surface area contributed by atoms with Crippen LogP contribution in [-0.2, 0) is 36.9 Å². The molecular weight excluding hydrogens is 652 g/mol. The van der Waals surface area contributed by atoms with E-state index in [4.69, 9.17) is 23.7 Å². The second-order valence-electron chi connectivity index (χ2n) is 15.7. The Bertz CT molecular complexity index is 2000. The Morgan fingerprint density at radius 1 is 0.769 bits per heavy atom. The van der Waals surface area contributed by atoms with Gasteiger partial charge in [0.1, 0.15) is 17.3 Å². The van der Waals surface area contributed by atoms with Crippen LogP contribution in [0.15, 0.2) is 54.6 Å². The molecule has 2 atom stereocenters. The van der Waals surface area contributed by atoms with E-state index in [0.717, 1.165) is 71.7 Å². The average Bonchev–Trinajstić information content (AvgIpc) is 3.11. The summed E-state index contributed by atoms with van der Waals surface area (Å²) in [5, 5.41) is 0. The molecule has 8 heteroatoms. The van der Waals surface area contributed by atoms with Gasteiger partial charge in [0.05, 0.1) is 21.3 Å². The summed E-state index contributed by atoms with van der Waals surface area (Å²) in [6, 6.07) is 19.2. The predicted molar refractivity (Wildman–Crippen MR) is 204 cm³/mol. The lowest BCUT2D eigenvalue weighted by atomic mass is 9.83. The molecule has 8 rings (SSSR count). The predicted octanol–water partition coefficient (Wildman–Crippen LogP) is 8.62. The van der Waals surface area contributed by atoms with Gasteiger partial charge in [-0.15, -0.1) is 0 Å². The lowest BCUT2D eigenvalue weighted by molar-refractivity contribution is -0.125. The summed E-state index contributed by atoms with van der Waals surface area (Å²) in [6.07, 6.45) is 3.56. The number of ether oxygens (including phenoxy) is 5. The molecular formula is C44H52N2O6. The molecule has 8 nitrogen and oxygen atoms in total. The molecule has 0 saturated carbocycles. The molecule has 6 bridgehead atoms. The summed E-state index contributed by atoms with van der Waals surface area (Å²) < 4.78 is 31.7. The molecule has 0 fully saturated rings. The standard InChI is InChI=1S/C44H52N2O6/c1-26-18-28-14-16-45(5)34-19-27-10-12-32(13-11-27)51-38-23-30(31(22-37(38)48-7)24-40(47)44(2,3)4)20-35-41-29(15-17-46(35)6)21-39(49-8)42(50-9)43(41)52-36(26)25-33(28)34/h10-13,18,21-23,25,34-35H,14-17,19-20,24H2,1-9H3/t34-,35-/m0/s1. The maximum absolute atomic E-state index is 13.6. The third-order valence-electron chi connectivity index (χ3n) is 11.3. The van der Waals surface area contributed by atoms with E-state index in [9.17, 15) is 4.79 Å². The summed E-state index contributed by atoms with van der Waals surface area (Å²) in [5.74, 6) is 4.81. The van der Waals surface area contributed by atoms with Gasteiger partial charge in [-0.2, -0.15) is 0 Å². The molecule has 0 aromatic heterocycles. The number of carbonyl (C=O) groups excluding carboxylic acids is 1. The van der Waals surface area contributed by atoms with E-state index < -0.39 is 5.41 Å². The number of Topliss-reactive ketones (excluding diaryl/α,β-unsaturated/α-hetero) is 1. The number of carbonyl (C=O) groups is 1. The van der Waals surface area contributed by atoms with Crippen molar-refractivity contribution in [3.63, 3.8) is 0 Å². The number of aryl methyl sites for hydroxylation is 1. The van der Waals surface area contributed by atoms with E-state index in [-0.39, 0.29) is 24.3 Å². The fraction of sp³-hybridized carbons (Fsp3) is 0.432. The maximum Gasteiger partial charge on any atom is 0.204 e. The van der Waals surface area contributed by atoms with E-state index in [1.54, 1.807) is 21.3 Å². The zero-order valence-corrected chi connectivity index (χ0v) is 32.1. The van der Waals surface area contributed by atoms with Crippen molar-refractivity contribution in [2.75, 3.05) is 48.5 Å². The zero-order valence-electron chi connectivity index (χ0n) is 32.1. The number of fused-ring (bicyclic) bond motifs is 2. The van der Waals surface area contributed by atoms with Crippen molar-refractivity contribution in [1.29, 1.82) is 0 Å². The number of ketones is 1. The average molecular weight is 705 g/mol. The van der Waals surface area contributed by atoms with Gasteiger partial charge in [0.15, 0.2) is 23.0 Å². The highest BCUT2D eigenvalue weighted by Crippen LogP contribution is 2.51. The van der Waals surface area contributed by atoms with Crippen LogP contribution in [0.25, 0.3) is 0 Å². The topological polar surface area (TPSA) is 69.7 Å². The highest BCUT2D eigenvalue weighted by Gasteiger charge is 2.35. The summed E-state index contributed by atoms with van der Waals surface area (Å²) in [6.45, 7) is 9.89. The van der Waals surface area contributed by atoms with Crippen molar-refractivity contribution < 1.29 is 28.5 Å². The minimum absolute atomic E-state index is 0.0988. The van der Waals surface area contributed by atoms with Gasteiger partial charge in [-0.05, 0) is 122 Å². The number of hydrogen-bond acceptors (Lipinski definition) is 8. The van der Waals surface area contributed by atoms with Crippen LogP contribution in [0.2, 0.25) is 0 Å². The summed E-state index contributed by atoms with van der Waals surface area (Å²) in [5.41, 5.74) is 8.64. The number of nitrogens with zero attached hydrogens (tertiary/aromatic N) is 2. The van der Waals surface area contributed by atoms with Gasteiger partial charge in [-0.1, -0.05) is 39.0 Å². The molecule has 4 heterocycles. The largest absolute Gasteiger partial charge is 0.493 e. The number of rotatable bonds is 5. The quantitative estimate of drug-likeness (QED) is 0.205. The minimum atomic E-state index is -0.494. The molecule has 0 spiro atoms. The Hall–Kier alpha value is -4.53. The molecule has 0 unspecified atom stereocenters. The van der Waals surface area contributed by atoms with Crippen LogP contribution in [0.5, 0.6) is 40.2 Å². The normalized spacial score (nSPS) is 18.7. The lowest BCUT2D eigenvalue weighted by Crippen LogP contribution is -2.34. The second kappa shape index (κ2) is 14.1. The number of hydrogen-bond donors (Lipinski definition) is 0. The molecule has 0 radical (unpaired) electrons. The molecule has 0 N–H and O–H groups in total. The third kappa shape index (κ3) is 6.74. The van der Waals surface area contributed by atoms with Crippen LogP contribution >= 0.6 is 0 Å². The Morgan fingerprint density at radius 2 is 1.46 bits per heavy atom. The molecule has 4 aromatic rings. The Kier molecular flexibility index (Phi) is 9.74. The third-order valence-corrected chi connectivity index (χ3v) is 11.3. The number of likely N-dealkylation sites (N-methyl/N-ethyl adjacent to an activating group) is 2. The van der Waals surface area contributed by atoms with Crippen molar-refractivity contribution in [2.24, 2.45) is 5.41 Å². The van der Waals surface area contributed by atoms with Gasteiger partial charge < -0.3 is 23.7 Å². The molecule has 4 aliphatic heterocycles. The Balaban J connectivity index is 1.47. The Labute approximate surface area is 308 Å². The Morgan fingerprint density at radius 3 is 2.13 bits per heavy atom. The first-order valence-corrected chi connectivity index (χ1v) is 18.4. The van der Waals surface area contributed by atoms with Gasteiger partial charge in [0.25, 0.3) is 0 Å². The molecule has 52 heavy (non-hydrogen) atoms. The summed E-state index contributed by atoms with van der Waals surface area (Å²) in [4.78, 5) is 18.4. The van der Waals surface area contributed by atoms with Crippen molar-refractivity contribution >= 4 is 5.78 Å². The van der Waals surface area contributed by atoms with Gasteiger partial charge in [-0.25, -0.2) is 0 Å². The van der Waals surface area contributed by atoms with Crippen LogP contribution < -0.4 is 23.7 Å². The van der Waals surface area contributed by atoms with Gasteiger partial charge in [-0.3, -0.25) is 14.6 Å². The van der Waals surface area contributed by atoms with E-state index in [1.165, 1.54) is 16.7 Å². The first kappa shape index (κ1) is 35.9. The summed E-state index contributed by atoms with van der Waals surface area (Å²) >= 11 is 0. The number of methoxy groups -OCH3 is 3. The van der Waals surface area contributed by atoms with E-state index in [2.05, 4.69) is 67.2 Å². The SMILES string of the molecule is COc1cc(CC(=O)C(C)(C)C)c2cc1Oc1ccc(cc1)C[C@H]1c3cc(c(C)cc3CCN1C)Oc1c(OC)c(OC)cc3c1[C@H](C2)N(C)CC3.